The van der Waals surface area contributed by atoms with Gasteiger partial charge < -0.3 is 15.5 Å². The highest BCUT2D eigenvalue weighted by Crippen LogP contribution is 2.36. The minimum Gasteiger partial charge on any atom is -0.322 e. The lowest BCUT2D eigenvalue weighted by Crippen LogP contribution is -2.21. The van der Waals surface area contributed by atoms with Crippen LogP contribution in [-0.2, 0) is 14.4 Å². The molecule has 0 unspecified atom stereocenters. The molecule has 4 rings (SSSR count). The summed E-state index contributed by atoms with van der Waals surface area (Å²) in [4.78, 5) is 44.6. The van der Waals surface area contributed by atoms with E-state index >= 15 is 0 Å². The summed E-state index contributed by atoms with van der Waals surface area (Å²) in [5.74, 6) is -0.504. The Kier molecular flexibility index (Phi) is 5.32. The van der Waals surface area contributed by atoms with Crippen LogP contribution < -0.4 is 10.6 Å². The molecule has 0 aromatic heterocycles. The Labute approximate surface area is 175 Å². The van der Waals surface area contributed by atoms with Crippen LogP contribution in [0.2, 0.25) is 0 Å². The van der Waals surface area contributed by atoms with Crippen LogP contribution in [0.5, 0.6) is 0 Å². The fourth-order valence-corrected chi connectivity index (χ4v) is 4.00. The van der Waals surface area contributed by atoms with Crippen LogP contribution in [-0.4, -0.2) is 62.3 Å². The molecule has 0 radical (unpaired) electrons. The van der Waals surface area contributed by atoms with Gasteiger partial charge in [0.2, 0.25) is 0 Å². The van der Waals surface area contributed by atoms with Crippen molar-refractivity contribution >= 4 is 23.2 Å². The summed E-state index contributed by atoms with van der Waals surface area (Å²) in [5.41, 5.74) is 4.78. The first kappa shape index (κ1) is 20.1. The van der Waals surface area contributed by atoms with Crippen molar-refractivity contribution in [3.63, 3.8) is 0 Å². The molecular formula is C23H24N4O3. The molecule has 0 saturated heterocycles. The molecule has 4 aliphatic rings. The van der Waals surface area contributed by atoms with Gasteiger partial charge in [-0.2, -0.15) is 0 Å². The van der Waals surface area contributed by atoms with Crippen molar-refractivity contribution in [3.05, 3.63) is 69.6 Å². The van der Waals surface area contributed by atoms with E-state index in [2.05, 4.69) is 15.6 Å². The standard InChI is InChI=1S/C23H24N4O3/c1-24-9-7-14-20-16(5-4-6-18(20)28)25-22(14)13-11-17-21(19(29)12-13)15(23(30)26-17)8-10-27(2)3/h4-6,11-12,24H,7-10H2,1-3H3,(H,26,30). The van der Waals surface area contributed by atoms with Gasteiger partial charge in [0.05, 0.1) is 28.3 Å². The maximum absolute atomic E-state index is 13.0. The van der Waals surface area contributed by atoms with Gasteiger partial charge in [0.1, 0.15) is 0 Å². The Morgan fingerprint density at radius 3 is 2.57 bits per heavy atom. The number of carbonyl (C=O) groups is 3. The second-order valence-corrected chi connectivity index (χ2v) is 7.83. The molecule has 7 heteroatoms. The van der Waals surface area contributed by atoms with Crippen LogP contribution in [0.1, 0.15) is 12.8 Å². The molecule has 0 atom stereocenters. The molecule has 2 heterocycles. The average molecular weight is 404 g/mol. The molecule has 2 aliphatic heterocycles. The van der Waals surface area contributed by atoms with Gasteiger partial charge in [-0.15, -0.1) is 0 Å². The first-order valence-corrected chi connectivity index (χ1v) is 9.98. The Bertz CT molecular complexity index is 1080. The van der Waals surface area contributed by atoms with Gasteiger partial charge in [-0.25, -0.2) is 4.99 Å². The van der Waals surface area contributed by atoms with E-state index in [1.807, 2.05) is 32.1 Å². The molecule has 0 saturated carbocycles. The topological polar surface area (TPSA) is 90.9 Å². The van der Waals surface area contributed by atoms with Crippen LogP contribution in [0.15, 0.2) is 74.6 Å². The summed E-state index contributed by atoms with van der Waals surface area (Å²) >= 11 is 0. The number of carbonyl (C=O) groups excluding carboxylic acids is 3. The first-order chi connectivity index (χ1) is 14.4. The number of amides is 1. The summed E-state index contributed by atoms with van der Waals surface area (Å²) < 4.78 is 0. The van der Waals surface area contributed by atoms with E-state index in [0.29, 0.717) is 65.3 Å². The highest BCUT2D eigenvalue weighted by Gasteiger charge is 2.36. The van der Waals surface area contributed by atoms with Crippen molar-refractivity contribution in [2.75, 3.05) is 34.2 Å². The molecule has 1 amide bonds. The number of hydrogen-bond donors (Lipinski definition) is 2. The minimum atomic E-state index is -0.223. The third-order valence-corrected chi connectivity index (χ3v) is 5.46. The first-order valence-electron chi connectivity index (χ1n) is 9.98. The molecule has 0 bridgehead atoms. The highest BCUT2D eigenvalue weighted by atomic mass is 16.2. The fraction of sp³-hybridized carbons (Fsp3) is 0.304. The lowest BCUT2D eigenvalue weighted by atomic mass is 9.88. The number of aliphatic imine (C=N–C) groups is 1. The fourth-order valence-electron chi connectivity index (χ4n) is 4.00. The molecule has 2 aliphatic carbocycles. The van der Waals surface area contributed by atoms with Crippen LogP contribution >= 0.6 is 0 Å². The van der Waals surface area contributed by atoms with E-state index in [1.165, 1.54) is 12.2 Å². The molecule has 0 spiro atoms. The second-order valence-electron chi connectivity index (χ2n) is 7.83. The summed E-state index contributed by atoms with van der Waals surface area (Å²) in [6.07, 6.45) is 9.48. The van der Waals surface area contributed by atoms with Crippen molar-refractivity contribution < 1.29 is 14.4 Å². The summed E-state index contributed by atoms with van der Waals surface area (Å²) in [5, 5.41) is 5.93. The molecule has 2 N–H and O–H groups in total. The molecule has 0 aromatic carbocycles. The van der Waals surface area contributed by atoms with E-state index in [0.717, 1.165) is 5.57 Å². The van der Waals surface area contributed by atoms with Crippen molar-refractivity contribution in [1.29, 1.82) is 0 Å². The van der Waals surface area contributed by atoms with Crippen LogP contribution in [0, 0.1) is 0 Å². The predicted molar refractivity (Wildman–Crippen MR) is 115 cm³/mol. The molecular weight excluding hydrogens is 380 g/mol. The Hall–Kier alpha value is -3.16. The van der Waals surface area contributed by atoms with Crippen molar-refractivity contribution in [2.45, 2.75) is 12.8 Å². The monoisotopic (exact) mass is 404 g/mol. The molecule has 154 valence electrons. The van der Waals surface area contributed by atoms with Crippen LogP contribution in [0.4, 0.5) is 0 Å². The van der Waals surface area contributed by atoms with Crippen LogP contribution in [0.3, 0.4) is 0 Å². The Balaban J connectivity index is 1.72. The number of hydrogen-bond acceptors (Lipinski definition) is 6. The van der Waals surface area contributed by atoms with E-state index in [4.69, 9.17) is 0 Å². The molecule has 7 nitrogen and oxygen atoms in total. The zero-order valence-corrected chi connectivity index (χ0v) is 17.3. The lowest BCUT2D eigenvalue weighted by Gasteiger charge is -2.15. The van der Waals surface area contributed by atoms with E-state index in [-0.39, 0.29) is 17.5 Å². The number of allylic oxidation sites excluding steroid dienone is 8. The largest absolute Gasteiger partial charge is 0.322 e. The van der Waals surface area contributed by atoms with E-state index < -0.39 is 0 Å². The number of nitrogens with one attached hydrogen (secondary N) is 2. The third kappa shape index (κ3) is 3.46. The SMILES string of the molecule is CNCCC1=C2C(=O)C=CC=C2N=C1C1=CC(=O)C2=C(CCN(C)C)C(=O)NC2=C1. The molecule has 0 aromatic rings. The second kappa shape index (κ2) is 7.93. The minimum absolute atomic E-state index is 0.0755. The smallest absolute Gasteiger partial charge is 0.252 e. The van der Waals surface area contributed by atoms with Crippen molar-refractivity contribution in [1.82, 2.24) is 15.5 Å². The quantitative estimate of drug-likeness (QED) is 0.664. The predicted octanol–water partition coefficient (Wildman–Crippen LogP) is 1.14. The maximum atomic E-state index is 13.0. The lowest BCUT2D eigenvalue weighted by molar-refractivity contribution is -0.116. The van der Waals surface area contributed by atoms with Crippen molar-refractivity contribution in [3.8, 4) is 0 Å². The summed E-state index contributed by atoms with van der Waals surface area (Å²) in [7, 11) is 5.71. The zero-order valence-electron chi connectivity index (χ0n) is 17.3. The maximum Gasteiger partial charge on any atom is 0.252 e. The van der Waals surface area contributed by atoms with Crippen LogP contribution in [0.25, 0.3) is 0 Å². The highest BCUT2D eigenvalue weighted by molar-refractivity contribution is 6.29. The Morgan fingerprint density at radius 1 is 1.03 bits per heavy atom. The van der Waals surface area contributed by atoms with Gasteiger partial charge in [-0.1, -0.05) is 6.08 Å². The number of rotatable bonds is 7. The van der Waals surface area contributed by atoms with E-state index in [1.54, 1.807) is 12.2 Å². The summed E-state index contributed by atoms with van der Waals surface area (Å²) in [6.45, 7) is 1.36. The zero-order chi connectivity index (χ0) is 21.4. The normalized spacial score (nSPS) is 20.3. The van der Waals surface area contributed by atoms with Gasteiger partial charge in [-0.05, 0) is 70.4 Å². The van der Waals surface area contributed by atoms with Gasteiger partial charge in [0, 0.05) is 17.7 Å². The van der Waals surface area contributed by atoms with Gasteiger partial charge in [0.15, 0.2) is 11.6 Å². The summed E-state index contributed by atoms with van der Waals surface area (Å²) in [6, 6.07) is 0. The van der Waals surface area contributed by atoms with Gasteiger partial charge >= 0.3 is 0 Å². The Morgan fingerprint density at radius 2 is 1.83 bits per heavy atom. The van der Waals surface area contributed by atoms with E-state index in [9.17, 15) is 14.4 Å². The molecule has 30 heavy (non-hydrogen) atoms. The molecule has 0 fully saturated rings. The van der Waals surface area contributed by atoms with Crippen molar-refractivity contribution in [2.24, 2.45) is 4.99 Å². The average Bonchev–Trinajstić information content (AvgIpc) is 3.22. The number of nitrogens with zero attached hydrogens (tertiary/aromatic N) is 2. The third-order valence-electron chi connectivity index (χ3n) is 5.46. The van der Waals surface area contributed by atoms with Gasteiger partial charge in [0.25, 0.3) is 5.91 Å². The van der Waals surface area contributed by atoms with Gasteiger partial charge in [-0.3, -0.25) is 14.4 Å². The number of fused-ring (bicyclic) bond motifs is 2. The number of ketones is 2.